The number of nitrogens with zero attached hydrogens (tertiary/aromatic N) is 1. The second-order valence-electron chi connectivity index (χ2n) is 3.92. The predicted molar refractivity (Wildman–Crippen MR) is 86.4 cm³/mol. The first kappa shape index (κ1) is 13.5. The molecule has 1 N–H and O–H groups in total. The van der Waals surface area contributed by atoms with Gasteiger partial charge in [0.2, 0.25) is 0 Å². The van der Waals surface area contributed by atoms with Crippen molar-refractivity contribution in [2.75, 3.05) is 11.9 Å². The van der Waals surface area contributed by atoms with E-state index in [4.69, 9.17) is 11.6 Å². The first-order chi connectivity index (χ1) is 8.19. The van der Waals surface area contributed by atoms with E-state index < -0.39 is 0 Å². The minimum Gasteiger partial charge on any atom is -0.334 e. The van der Waals surface area contributed by atoms with Crippen molar-refractivity contribution in [1.82, 2.24) is 0 Å². The third kappa shape index (κ3) is 3.76. The van der Waals surface area contributed by atoms with E-state index in [9.17, 15) is 0 Å². The molecule has 1 unspecified atom stereocenters. The topological polar surface area (TPSA) is 24.4 Å². The van der Waals surface area contributed by atoms with Crippen LogP contribution in [-0.2, 0) is 0 Å². The van der Waals surface area contributed by atoms with Crippen LogP contribution >= 0.6 is 46.0 Å². The monoisotopic (exact) mass is 380 g/mol. The van der Waals surface area contributed by atoms with Crippen LogP contribution in [0.1, 0.15) is 19.8 Å². The second-order valence-corrected chi connectivity index (χ2v) is 6.81. The quantitative estimate of drug-likeness (QED) is 0.773. The lowest BCUT2D eigenvalue weighted by Crippen LogP contribution is -2.08. The van der Waals surface area contributed by atoms with Crippen LogP contribution in [0.25, 0.3) is 0 Å². The summed E-state index contributed by atoms with van der Waals surface area (Å²) < 4.78 is 1.12. The third-order valence-electron chi connectivity index (χ3n) is 2.50. The summed E-state index contributed by atoms with van der Waals surface area (Å²) in [5, 5.41) is 5.82. The van der Waals surface area contributed by atoms with Gasteiger partial charge in [-0.15, -0.1) is 0 Å². The van der Waals surface area contributed by atoms with E-state index in [1.165, 1.54) is 12.8 Å². The van der Waals surface area contributed by atoms with E-state index in [0.717, 1.165) is 26.0 Å². The fourth-order valence-corrected chi connectivity index (χ4v) is 3.81. The number of halogens is 2. The minimum absolute atomic E-state index is 0.646. The number of anilines is 1. The zero-order chi connectivity index (χ0) is 12.3. The number of hydrogen-bond donors (Lipinski definition) is 1. The average Bonchev–Trinajstić information content (AvgIpc) is 2.71. The van der Waals surface area contributed by atoms with Gasteiger partial charge in [0.15, 0.2) is 5.17 Å². The predicted octanol–water partition coefficient (Wildman–Crippen LogP) is 4.63. The highest BCUT2D eigenvalue weighted by Gasteiger charge is 2.19. The van der Waals surface area contributed by atoms with Crippen LogP contribution in [0, 0.1) is 3.57 Å². The Morgan fingerprint density at radius 1 is 1.59 bits per heavy atom. The maximum absolute atomic E-state index is 5.93. The molecule has 1 atom stereocenters. The van der Waals surface area contributed by atoms with E-state index in [0.29, 0.717) is 5.25 Å². The molecule has 0 fully saturated rings. The molecular formula is C12H14ClIN2S. The van der Waals surface area contributed by atoms with Crippen LogP contribution in [-0.4, -0.2) is 17.0 Å². The minimum atomic E-state index is 0.646. The maximum atomic E-state index is 5.93. The SMILES string of the molecule is CCCC1CN=C(Nc2ccc(Cl)cc2I)S1. The molecule has 1 aromatic rings. The van der Waals surface area contributed by atoms with E-state index in [2.05, 4.69) is 39.8 Å². The molecule has 0 aromatic heterocycles. The van der Waals surface area contributed by atoms with Gasteiger partial charge in [-0.25, -0.2) is 0 Å². The summed E-state index contributed by atoms with van der Waals surface area (Å²) in [6.07, 6.45) is 2.45. The number of nitrogens with one attached hydrogen (secondary N) is 1. The van der Waals surface area contributed by atoms with Crippen molar-refractivity contribution in [3.05, 3.63) is 26.8 Å². The van der Waals surface area contributed by atoms with Crippen LogP contribution in [0.3, 0.4) is 0 Å². The third-order valence-corrected chi connectivity index (χ3v) is 4.80. The Balaban J connectivity index is 1.98. The highest BCUT2D eigenvalue weighted by Crippen LogP contribution is 2.28. The smallest absolute Gasteiger partial charge is 0.161 e. The first-order valence-corrected chi connectivity index (χ1v) is 7.96. The molecule has 1 aliphatic heterocycles. The van der Waals surface area contributed by atoms with Crippen molar-refractivity contribution in [3.63, 3.8) is 0 Å². The van der Waals surface area contributed by atoms with Crippen LogP contribution in [0.15, 0.2) is 23.2 Å². The number of benzene rings is 1. The second kappa shape index (κ2) is 6.29. The van der Waals surface area contributed by atoms with Gasteiger partial charge in [-0.2, -0.15) is 0 Å². The van der Waals surface area contributed by atoms with Gasteiger partial charge in [0.1, 0.15) is 0 Å². The van der Waals surface area contributed by atoms with Gasteiger partial charge >= 0.3 is 0 Å². The summed E-state index contributed by atoms with van der Waals surface area (Å²) in [4.78, 5) is 4.53. The molecular weight excluding hydrogens is 367 g/mol. The highest BCUT2D eigenvalue weighted by atomic mass is 127. The molecule has 0 aliphatic carbocycles. The molecule has 17 heavy (non-hydrogen) atoms. The van der Waals surface area contributed by atoms with Crippen molar-refractivity contribution >= 4 is 56.8 Å². The summed E-state index contributed by atoms with van der Waals surface area (Å²) in [6, 6.07) is 5.85. The average molecular weight is 381 g/mol. The fraction of sp³-hybridized carbons (Fsp3) is 0.417. The van der Waals surface area contributed by atoms with Gasteiger partial charge in [0.25, 0.3) is 0 Å². The van der Waals surface area contributed by atoms with E-state index in [-0.39, 0.29) is 0 Å². The molecule has 1 aromatic carbocycles. The van der Waals surface area contributed by atoms with Crippen LogP contribution in [0.5, 0.6) is 0 Å². The molecule has 0 saturated carbocycles. The molecule has 2 rings (SSSR count). The molecule has 5 heteroatoms. The number of aliphatic imine (C=N–C) groups is 1. The molecule has 2 nitrogen and oxygen atoms in total. The van der Waals surface area contributed by atoms with Crippen molar-refractivity contribution in [2.24, 2.45) is 4.99 Å². The Morgan fingerprint density at radius 3 is 3.12 bits per heavy atom. The Kier molecular flexibility index (Phi) is 4.99. The van der Waals surface area contributed by atoms with Crippen molar-refractivity contribution < 1.29 is 0 Å². The maximum Gasteiger partial charge on any atom is 0.161 e. The Bertz CT molecular complexity index is 437. The number of amidine groups is 1. The lowest BCUT2D eigenvalue weighted by Gasteiger charge is -2.09. The Labute approximate surface area is 125 Å². The van der Waals surface area contributed by atoms with Crippen molar-refractivity contribution in [2.45, 2.75) is 25.0 Å². The van der Waals surface area contributed by atoms with Gasteiger partial charge < -0.3 is 5.32 Å². The zero-order valence-corrected chi connectivity index (χ0v) is 13.3. The van der Waals surface area contributed by atoms with Gasteiger partial charge in [-0.1, -0.05) is 36.7 Å². The summed E-state index contributed by atoms with van der Waals surface area (Å²) in [6.45, 7) is 3.15. The van der Waals surface area contributed by atoms with Gasteiger partial charge in [0, 0.05) is 13.8 Å². The number of thioether (sulfide) groups is 1. The lowest BCUT2D eigenvalue weighted by molar-refractivity contribution is 0.754. The van der Waals surface area contributed by atoms with Gasteiger partial charge in [-0.3, -0.25) is 4.99 Å². The lowest BCUT2D eigenvalue weighted by atomic mass is 10.2. The van der Waals surface area contributed by atoms with Crippen LogP contribution < -0.4 is 5.32 Å². The molecule has 0 bridgehead atoms. The summed E-state index contributed by atoms with van der Waals surface area (Å²) >= 11 is 10.1. The zero-order valence-electron chi connectivity index (χ0n) is 9.54. The van der Waals surface area contributed by atoms with Gasteiger partial charge in [-0.05, 0) is 47.2 Å². The van der Waals surface area contributed by atoms with Gasteiger partial charge in [0.05, 0.1) is 12.2 Å². The summed E-state index contributed by atoms with van der Waals surface area (Å²) in [5.74, 6) is 0. The fourth-order valence-electron chi connectivity index (χ4n) is 1.66. The first-order valence-electron chi connectivity index (χ1n) is 5.62. The molecule has 0 spiro atoms. The van der Waals surface area contributed by atoms with E-state index in [1.807, 2.05) is 30.0 Å². The molecule has 1 heterocycles. The Hall–Kier alpha value is 0.0600. The Morgan fingerprint density at radius 2 is 2.41 bits per heavy atom. The van der Waals surface area contributed by atoms with Crippen LogP contribution in [0.2, 0.25) is 5.02 Å². The molecule has 0 saturated heterocycles. The standard InChI is InChI=1S/C12H14ClIN2S/c1-2-3-9-7-15-12(17-9)16-11-5-4-8(13)6-10(11)14/h4-6,9H,2-3,7H2,1H3,(H,15,16). The number of hydrogen-bond acceptors (Lipinski definition) is 3. The molecule has 0 radical (unpaired) electrons. The summed E-state index contributed by atoms with van der Waals surface area (Å²) in [5.41, 5.74) is 1.08. The number of rotatable bonds is 3. The molecule has 92 valence electrons. The van der Waals surface area contributed by atoms with Crippen LogP contribution in [0.4, 0.5) is 5.69 Å². The normalized spacial score (nSPS) is 19.2. The highest BCUT2D eigenvalue weighted by molar-refractivity contribution is 14.1. The molecule has 1 aliphatic rings. The van der Waals surface area contributed by atoms with E-state index >= 15 is 0 Å². The largest absolute Gasteiger partial charge is 0.334 e. The van der Waals surface area contributed by atoms with Crippen molar-refractivity contribution in [1.29, 1.82) is 0 Å². The van der Waals surface area contributed by atoms with E-state index in [1.54, 1.807) is 0 Å². The van der Waals surface area contributed by atoms with Crippen molar-refractivity contribution in [3.8, 4) is 0 Å². The summed E-state index contributed by atoms with van der Waals surface area (Å²) in [7, 11) is 0. The molecule has 0 amide bonds.